The number of piperazine rings is 1. The fraction of sp³-hybridized carbons (Fsp3) is 0.350. The minimum absolute atomic E-state index is 0.0454. The van der Waals surface area contributed by atoms with Crippen LogP contribution < -0.4 is 0 Å². The van der Waals surface area contributed by atoms with Gasteiger partial charge in [0.1, 0.15) is 0 Å². The maximum atomic E-state index is 12.7. The molecule has 0 spiro atoms. The molecule has 2 aromatic heterocycles. The number of carbonyl (C=O) groups excluding carboxylic acids is 2. The first-order valence-corrected chi connectivity index (χ1v) is 9.30. The summed E-state index contributed by atoms with van der Waals surface area (Å²) in [7, 11) is 1.74. The number of carbonyl (C=O) groups is 2. The molecule has 1 aliphatic rings. The van der Waals surface area contributed by atoms with E-state index in [1.54, 1.807) is 27.7 Å². The molecule has 4 rings (SSSR count). The second kappa shape index (κ2) is 7.47. The summed E-state index contributed by atoms with van der Waals surface area (Å²) in [4.78, 5) is 35.8. The number of benzene rings is 1. The van der Waals surface area contributed by atoms with Crippen LogP contribution in [0.3, 0.4) is 0 Å². The predicted molar refractivity (Wildman–Crippen MR) is 103 cm³/mol. The third-order valence-electron chi connectivity index (χ3n) is 5.33. The zero-order valence-electron chi connectivity index (χ0n) is 15.7. The normalized spacial score (nSPS) is 15.8. The number of para-hydroxylation sites is 1. The van der Waals surface area contributed by atoms with Crippen LogP contribution in [0.25, 0.3) is 10.9 Å². The van der Waals surface area contributed by atoms with E-state index in [-0.39, 0.29) is 11.8 Å². The third-order valence-corrected chi connectivity index (χ3v) is 5.33. The molecule has 1 unspecified atom stereocenters. The number of amides is 2. The van der Waals surface area contributed by atoms with Crippen molar-refractivity contribution < 1.29 is 14.7 Å². The minimum Gasteiger partial charge on any atom is -0.377 e. The van der Waals surface area contributed by atoms with Crippen LogP contribution in [0, 0.1) is 0 Å². The molecular formula is C20H23N5O3. The topological polar surface area (TPSA) is 94.5 Å². The maximum Gasteiger partial charge on any atom is 0.257 e. The molecule has 1 aliphatic heterocycles. The number of aryl methyl sites for hydroxylation is 1. The first-order chi connectivity index (χ1) is 13.5. The highest BCUT2D eigenvalue weighted by Gasteiger charge is 2.30. The summed E-state index contributed by atoms with van der Waals surface area (Å²) in [5, 5.41) is 11.4. The SMILES string of the molecule is Cn1cncc1C(O)C(=O)N1CCN(C(=O)Cc2c[nH]c3ccccc23)CC1. The van der Waals surface area contributed by atoms with Crippen molar-refractivity contribution in [1.82, 2.24) is 24.3 Å². The van der Waals surface area contributed by atoms with Crippen molar-refractivity contribution >= 4 is 22.7 Å². The van der Waals surface area contributed by atoms with Gasteiger partial charge in [0.25, 0.3) is 5.91 Å². The number of aromatic nitrogens is 3. The van der Waals surface area contributed by atoms with E-state index in [0.717, 1.165) is 16.5 Å². The third kappa shape index (κ3) is 3.38. The lowest BCUT2D eigenvalue weighted by atomic mass is 10.1. The summed E-state index contributed by atoms with van der Waals surface area (Å²) in [5.74, 6) is -0.309. The molecule has 2 amide bonds. The van der Waals surface area contributed by atoms with Gasteiger partial charge in [-0.2, -0.15) is 0 Å². The predicted octanol–water partition coefficient (Wildman–Crippen LogP) is 0.848. The van der Waals surface area contributed by atoms with Gasteiger partial charge in [-0.3, -0.25) is 9.59 Å². The van der Waals surface area contributed by atoms with Crippen molar-refractivity contribution in [2.45, 2.75) is 12.5 Å². The van der Waals surface area contributed by atoms with E-state index >= 15 is 0 Å². The van der Waals surface area contributed by atoms with Gasteiger partial charge < -0.3 is 24.5 Å². The Balaban J connectivity index is 1.35. The summed E-state index contributed by atoms with van der Waals surface area (Å²) in [6.07, 6.45) is 4.01. The number of nitrogens with zero attached hydrogens (tertiary/aromatic N) is 4. The van der Waals surface area contributed by atoms with Crippen molar-refractivity contribution in [1.29, 1.82) is 0 Å². The van der Waals surface area contributed by atoms with Crippen molar-refractivity contribution in [2.24, 2.45) is 7.05 Å². The Morgan fingerprint density at radius 1 is 1.18 bits per heavy atom. The van der Waals surface area contributed by atoms with Crippen molar-refractivity contribution in [3.8, 4) is 0 Å². The fourth-order valence-corrected chi connectivity index (χ4v) is 3.66. The van der Waals surface area contributed by atoms with E-state index < -0.39 is 6.10 Å². The molecule has 2 N–H and O–H groups in total. The Morgan fingerprint density at radius 2 is 1.89 bits per heavy atom. The number of imidazole rings is 1. The van der Waals surface area contributed by atoms with Gasteiger partial charge in [-0.15, -0.1) is 0 Å². The molecule has 8 heteroatoms. The maximum absolute atomic E-state index is 12.7. The molecule has 1 aromatic carbocycles. The highest BCUT2D eigenvalue weighted by molar-refractivity contribution is 5.89. The lowest BCUT2D eigenvalue weighted by molar-refractivity contribution is -0.145. The number of aliphatic hydroxyl groups is 1. The first kappa shape index (κ1) is 18.2. The smallest absolute Gasteiger partial charge is 0.257 e. The molecule has 0 aliphatic carbocycles. The van der Waals surface area contributed by atoms with Crippen molar-refractivity contribution in [3.63, 3.8) is 0 Å². The average molecular weight is 381 g/mol. The molecule has 1 fully saturated rings. The Kier molecular flexibility index (Phi) is 4.87. The van der Waals surface area contributed by atoms with E-state index in [2.05, 4.69) is 9.97 Å². The molecule has 8 nitrogen and oxygen atoms in total. The van der Waals surface area contributed by atoms with Gasteiger partial charge in [0.15, 0.2) is 6.10 Å². The number of aromatic amines is 1. The second-order valence-electron chi connectivity index (χ2n) is 7.07. The van der Waals surface area contributed by atoms with Crippen LogP contribution in [0.5, 0.6) is 0 Å². The Labute approximate surface area is 162 Å². The Bertz CT molecular complexity index is 1000. The molecule has 0 saturated carbocycles. The van der Waals surface area contributed by atoms with Gasteiger partial charge in [-0.05, 0) is 11.6 Å². The zero-order valence-corrected chi connectivity index (χ0v) is 15.7. The van der Waals surface area contributed by atoms with Crippen LogP contribution in [0.15, 0.2) is 43.0 Å². The van der Waals surface area contributed by atoms with Gasteiger partial charge in [0.05, 0.1) is 24.6 Å². The van der Waals surface area contributed by atoms with E-state index in [9.17, 15) is 14.7 Å². The number of H-pyrrole nitrogens is 1. The monoisotopic (exact) mass is 381 g/mol. The Hall–Kier alpha value is -3.13. The van der Waals surface area contributed by atoms with E-state index in [4.69, 9.17) is 0 Å². The lowest BCUT2D eigenvalue weighted by Crippen LogP contribution is -2.52. The summed E-state index contributed by atoms with van der Waals surface area (Å²) >= 11 is 0. The molecule has 0 bridgehead atoms. The molecule has 0 radical (unpaired) electrons. The summed E-state index contributed by atoms with van der Waals surface area (Å²) in [5.41, 5.74) is 2.46. The van der Waals surface area contributed by atoms with Crippen molar-refractivity contribution in [3.05, 3.63) is 54.2 Å². The summed E-state index contributed by atoms with van der Waals surface area (Å²) < 4.78 is 1.63. The van der Waals surface area contributed by atoms with Crippen LogP contribution in [-0.4, -0.2) is 67.4 Å². The molecule has 3 heterocycles. The Morgan fingerprint density at radius 3 is 2.61 bits per heavy atom. The van der Waals surface area contributed by atoms with Crippen LogP contribution in [0.4, 0.5) is 0 Å². The highest BCUT2D eigenvalue weighted by atomic mass is 16.3. The number of rotatable bonds is 4. The number of fused-ring (bicyclic) bond motifs is 1. The van der Waals surface area contributed by atoms with Gasteiger partial charge in [-0.1, -0.05) is 18.2 Å². The summed E-state index contributed by atoms with van der Waals surface area (Å²) in [6, 6.07) is 7.91. The fourth-order valence-electron chi connectivity index (χ4n) is 3.66. The number of nitrogens with one attached hydrogen (secondary N) is 1. The quantitative estimate of drug-likeness (QED) is 0.701. The number of hydrogen-bond donors (Lipinski definition) is 2. The molecule has 146 valence electrons. The van der Waals surface area contributed by atoms with Crippen LogP contribution in [0.1, 0.15) is 17.4 Å². The average Bonchev–Trinajstić information content (AvgIpc) is 3.33. The van der Waals surface area contributed by atoms with Gasteiger partial charge >= 0.3 is 0 Å². The van der Waals surface area contributed by atoms with E-state index in [1.165, 1.54) is 6.20 Å². The van der Waals surface area contributed by atoms with Crippen molar-refractivity contribution in [2.75, 3.05) is 26.2 Å². The second-order valence-corrected chi connectivity index (χ2v) is 7.07. The van der Waals surface area contributed by atoms with Crippen LogP contribution in [0.2, 0.25) is 0 Å². The lowest BCUT2D eigenvalue weighted by Gasteiger charge is -2.35. The number of hydrogen-bond acceptors (Lipinski definition) is 4. The van der Waals surface area contributed by atoms with Gasteiger partial charge in [-0.25, -0.2) is 4.98 Å². The molecule has 28 heavy (non-hydrogen) atoms. The van der Waals surface area contributed by atoms with Crippen LogP contribution >= 0.6 is 0 Å². The van der Waals surface area contributed by atoms with E-state index in [0.29, 0.717) is 38.3 Å². The molecule has 3 aromatic rings. The molecule has 1 saturated heterocycles. The number of aliphatic hydroxyl groups excluding tert-OH is 1. The highest BCUT2D eigenvalue weighted by Crippen LogP contribution is 2.20. The zero-order chi connectivity index (χ0) is 19.7. The van der Waals surface area contributed by atoms with Gasteiger partial charge in [0.2, 0.25) is 5.91 Å². The standard InChI is InChI=1S/C20H23N5O3/c1-23-13-21-12-17(23)19(27)20(28)25-8-6-24(7-9-25)18(26)10-14-11-22-16-5-3-2-4-15(14)16/h2-5,11-13,19,22,27H,6-10H2,1H3. The first-order valence-electron chi connectivity index (χ1n) is 9.30. The van der Waals surface area contributed by atoms with Crippen LogP contribution in [-0.2, 0) is 23.1 Å². The largest absolute Gasteiger partial charge is 0.377 e. The minimum atomic E-state index is -1.24. The van der Waals surface area contributed by atoms with Gasteiger partial charge in [0, 0.05) is 50.3 Å². The summed E-state index contributed by atoms with van der Waals surface area (Å²) in [6.45, 7) is 1.75. The molecular weight excluding hydrogens is 358 g/mol. The van der Waals surface area contributed by atoms with E-state index in [1.807, 2.05) is 30.5 Å². The molecule has 1 atom stereocenters.